The zero-order valence-electron chi connectivity index (χ0n) is 13.9. The van der Waals surface area contributed by atoms with Gasteiger partial charge in [0, 0.05) is 25.7 Å². The molecule has 0 radical (unpaired) electrons. The normalized spacial score (nSPS) is 22.6. The van der Waals surface area contributed by atoms with Gasteiger partial charge < -0.3 is 15.5 Å². The molecule has 0 spiro atoms. The average molecular weight is 282 g/mol. The number of nitrogens with one attached hydrogen (secondary N) is 2. The molecule has 0 amide bonds. The third-order valence-electron chi connectivity index (χ3n) is 3.98. The molecule has 0 bridgehead atoms. The van der Waals surface area contributed by atoms with Crippen LogP contribution in [0.2, 0.25) is 0 Å². The number of hydrogen-bond donors (Lipinski definition) is 2. The molecule has 118 valence electrons. The van der Waals surface area contributed by atoms with E-state index in [-0.39, 0.29) is 0 Å². The molecule has 0 aliphatic carbocycles. The van der Waals surface area contributed by atoms with E-state index in [1.165, 1.54) is 32.5 Å². The quantitative estimate of drug-likeness (QED) is 0.428. The maximum Gasteiger partial charge on any atom is 0.191 e. The Balaban J connectivity index is 2.25. The number of rotatable bonds is 7. The first-order valence-corrected chi connectivity index (χ1v) is 8.42. The predicted octanol–water partition coefficient (Wildman–Crippen LogP) is 2.46. The van der Waals surface area contributed by atoms with Crippen molar-refractivity contribution >= 4 is 5.96 Å². The van der Waals surface area contributed by atoms with Gasteiger partial charge in [-0.2, -0.15) is 0 Å². The summed E-state index contributed by atoms with van der Waals surface area (Å²) in [5, 5.41) is 6.76. The summed E-state index contributed by atoms with van der Waals surface area (Å²) in [5.41, 5.74) is 0. The van der Waals surface area contributed by atoms with Gasteiger partial charge in [0.2, 0.25) is 0 Å². The molecular weight excluding hydrogens is 248 g/mol. The smallest absolute Gasteiger partial charge is 0.191 e. The summed E-state index contributed by atoms with van der Waals surface area (Å²) in [7, 11) is 0. The molecule has 0 aromatic rings. The van der Waals surface area contributed by atoms with Crippen LogP contribution in [0.25, 0.3) is 0 Å². The van der Waals surface area contributed by atoms with Crippen LogP contribution in [0.4, 0.5) is 0 Å². The first-order chi connectivity index (χ1) is 9.65. The molecule has 0 aromatic heterocycles. The van der Waals surface area contributed by atoms with E-state index in [9.17, 15) is 0 Å². The van der Waals surface area contributed by atoms with Gasteiger partial charge in [-0.15, -0.1) is 0 Å². The Bertz CT molecular complexity index is 278. The summed E-state index contributed by atoms with van der Waals surface area (Å²) in [6, 6.07) is 0.482. The lowest BCUT2D eigenvalue weighted by Crippen LogP contribution is -2.42. The van der Waals surface area contributed by atoms with Crippen molar-refractivity contribution in [3.63, 3.8) is 0 Å². The van der Waals surface area contributed by atoms with Crippen molar-refractivity contribution in [3.8, 4) is 0 Å². The van der Waals surface area contributed by atoms with E-state index in [0.717, 1.165) is 37.8 Å². The Morgan fingerprint density at radius 1 is 1.40 bits per heavy atom. The molecule has 1 aliphatic rings. The van der Waals surface area contributed by atoms with Crippen LogP contribution < -0.4 is 10.6 Å². The molecule has 1 aliphatic heterocycles. The monoisotopic (exact) mass is 282 g/mol. The molecule has 1 fully saturated rings. The van der Waals surface area contributed by atoms with E-state index in [4.69, 9.17) is 0 Å². The molecule has 4 nitrogen and oxygen atoms in total. The molecular formula is C16H34N4. The standard InChI is InChI=1S/C16H34N4/c1-5-15(4)19-16(17-6-2)18-10-8-12-20-11-7-9-14(3)13-20/h14-15H,5-13H2,1-4H3,(H2,17,18,19). The minimum absolute atomic E-state index is 0.482. The average Bonchev–Trinajstić information content (AvgIpc) is 2.43. The zero-order chi connectivity index (χ0) is 14.8. The maximum atomic E-state index is 4.67. The number of nitrogens with zero attached hydrogens (tertiary/aromatic N) is 2. The minimum Gasteiger partial charge on any atom is -0.357 e. The van der Waals surface area contributed by atoms with Crippen LogP contribution in [0.1, 0.15) is 53.4 Å². The van der Waals surface area contributed by atoms with Crippen molar-refractivity contribution in [1.29, 1.82) is 0 Å². The van der Waals surface area contributed by atoms with Gasteiger partial charge in [-0.3, -0.25) is 4.99 Å². The number of hydrogen-bond acceptors (Lipinski definition) is 2. The van der Waals surface area contributed by atoms with Crippen LogP contribution in [0.3, 0.4) is 0 Å². The number of likely N-dealkylation sites (tertiary alicyclic amines) is 1. The summed E-state index contributed by atoms with van der Waals surface area (Å²) in [4.78, 5) is 7.27. The van der Waals surface area contributed by atoms with Gasteiger partial charge in [-0.05, 0) is 58.5 Å². The van der Waals surface area contributed by atoms with E-state index < -0.39 is 0 Å². The van der Waals surface area contributed by atoms with Crippen LogP contribution in [-0.4, -0.2) is 49.6 Å². The fourth-order valence-corrected chi connectivity index (χ4v) is 2.63. The number of guanidine groups is 1. The van der Waals surface area contributed by atoms with Crippen LogP contribution in [0, 0.1) is 5.92 Å². The Labute approximate surface area is 125 Å². The van der Waals surface area contributed by atoms with Gasteiger partial charge in [0.25, 0.3) is 0 Å². The lowest BCUT2D eigenvalue weighted by molar-refractivity contribution is 0.183. The first kappa shape index (κ1) is 17.3. The third-order valence-corrected chi connectivity index (χ3v) is 3.98. The van der Waals surface area contributed by atoms with E-state index in [1.54, 1.807) is 0 Å². The second-order valence-corrected chi connectivity index (χ2v) is 6.12. The number of piperidine rings is 1. The van der Waals surface area contributed by atoms with E-state index in [1.807, 2.05) is 0 Å². The molecule has 2 N–H and O–H groups in total. The van der Waals surface area contributed by atoms with Crippen molar-refractivity contribution in [2.75, 3.05) is 32.7 Å². The highest BCUT2D eigenvalue weighted by Crippen LogP contribution is 2.15. The molecule has 2 unspecified atom stereocenters. The van der Waals surface area contributed by atoms with Gasteiger partial charge in [0.15, 0.2) is 5.96 Å². The van der Waals surface area contributed by atoms with E-state index in [2.05, 4.69) is 48.2 Å². The van der Waals surface area contributed by atoms with Crippen molar-refractivity contribution in [3.05, 3.63) is 0 Å². The van der Waals surface area contributed by atoms with Crippen LogP contribution in [-0.2, 0) is 0 Å². The molecule has 1 saturated heterocycles. The summed E-state index contributed by atoms with van der Waals surface area (Å²) < 4.78 is 0. The van der Waals surface area contributed by atoms with Crippen LogP contribution in [0.5, 0.6) is 0 Å². The lowest BCUT2D eigenvalue weighted by atomic mass is 10.0. The first-order valence-electron chi connectivity index (χ1n) is 8.42. The predicted molar refractivity (Wildman–Crippen MR) is 88.3 cm³/mol. The van der Waals surface area contributed by atoms with Gasteiger partial charge >= 0.3 is 0 Å². The van der Waals surface area contributed by atoms with Gasteiger partial charge in [-0.1, -0.05) is 13.8 Å². The topological polar surface area (TPSA) is 39.7 Å². The molecule has 1 rings (SSSR count). The maximum absolute atomic E-state index is 4.67. The van der Waals surface area contributed by atoms with Crippen LogP contribution >= 0.6 is 0 Å². The highest BCUT2D eigenvalue weighted by Gasteiger charge is 2.15. The van der Waals surface area contributed by atoms with Crippen LogP contribution in [0.15, 0.2) is 4.99 Å². The molecule has 4 heteroatoms. The fourth-order valence-electron chi connectivity index (χ4n) is 2.63. The minimum atomic E-state index is 0.482. The third kappa shape index (κ3) is 7.13. The second-order valence-electron chi connectivity index (χ2n) is 6.12. The second kappa shape index (κ2) is 10.0. The summed E-state index contributed by atoms with van der Waals surface area (Å²) >= 11 is 0. The summed E-state index contributed by atoms with van der Waals surface area (Å²) in [5.74, 6) is 1.84. The Morgan fingerprint density at radius 3 is 2.85 bits per heavy atom. The highest BCUT2D eigenvalue weighted by atomic mass is 15.2. The SMILES string of the molecule is CCNC(=NCCCN1CCCC(C)C1)NC(C)CC. The Hall–Kier alpha value is -0.770. The Kier molecular flexibility index (Phi) is 8.67. The van der Waals surface area contributed by atoms with E-state index in [0.29, 0.717) is 6.04 Å². The van der Waals surface area contributed by atoms with E-state index >= 15 is 0 Å². The lowest BCUT2D eigenvalue weighted by Gasteiger charge is -2.30. The fraction of sp³-hybridized carbons (Fsp3) is 0.938. The van der Waals surface area contributed by atoms with Crippen molar-refractivity contribution in [2.24, 2.45) is 10.9 Å². The van der Waals surface area contributed by atoms with Gasteiger partial charge in [0.05, 0.1) is 0 Å². The molecule has 0 saturated carbocycles. The molecule has 1 heterocycles. The molecule has 2 atom stereocenters. The Morgan fingerprint density at radius 2 is 2.20 bits per heavy atom. The van der Waals surface area contributed by atoms with Crippen molar-refractivity contribution in [2.45, 2.75) is 59.4 Å². The molecule has 0 aromatic carbocycles. The van der Waals surface area contributed by atoms with Gasteiger partial charge in [-0.25, -0.2) is 0 Å². The molecule has 20 heavy (non-hydrogen) atoms. The summed E-state index contributed by atoms with van der Waals surface area (Å²) in [6.07, 6.45) is 5.04. The van der Waals surface area contributed by atoms with Crippen molar-refractivity contribution in [1.82, 2.24) is 15.5 Å². The summed E-state index contributed by atoms with van der Waals surface area (Å²) in [6.45, 7) is 14.4. The zero-order valence-corrected chi connectivity index (χ0v) is 13.9. The van der Waals surface area contributed by atoms with Crippen molar-refractivity contribution < 1.29 is 0 Å². The number of aliphatic imine (C=N–C) groups is 1. The highest BCUT2D eigenvalue weighted by molar-refractivity contribution is 5.79. The van der Waals surface area contributed by atoms with Gasteiger partial charge in [0.1, 0.15) is 0 Å². The largest absolute Gasteiger partial charge is 0.357 e.